The van der Waals surface area contributed by atoms with E-state index in [2.05, 4.69) is 19.2 Å². The Kier molecular flexibility index (Phi) is 6.15. The van der Waals surface area contributed by atoms with Crippen molar-refractivity contribution in [3.63, 3.8) is 0 Å². The Morgan fingerprint density at radius 3 is 2.37 bits per heavy atom. The third-order valence-electron chi connectivity index (χ3n) is 4.41. The molecule has 1 amide bonds. The van der Waals surface area contributed by atoms with Gasteiger partial charge in [0.1, 0.15) is 11.5 Å². The minimum Gasteiger partial charge on any atom is -0.457 e. The maximum absolute atomic E-state index is 12.4. The van der Waals surface area contributed by atoms with E-state index in [-0.39, 0.29) is 5.91 Å². The lowest BCUT2D eigenvalue weighted by atomic mass is 10.0. The molecule has 0 bridgehead atoms. The molecule has 2 aromatic carbocycles. The largest absolute Gasteiger partial charge is 0.457 e. The van der Waals surface area contributed by atoms with Crippen LogP contribution in [-0.4, -0.2) is 5.91 Å². The highest BCUT2D eigenvalue weighted by Gasteiger charge is 2.09. The van der Waals surface area contributed by atoms with Gasteiger partial charge < -0.3 is 9.73 Å². The second-order valence-corrected chi connectivity index (χ2v) is 6.57. The molecule has 0 radical (unpaired) electrons. The van der Waals surface area contributed by atoms with Gasteiger partial charge in [0.15, 0.2) is 0 Å². The van der Waals surface area contributed by atoms with Gasteiger partial charge in [-0.1, -0.05) is 55.8 Å². The first-order valence-corrected chi connectivity index (χ1v) is 9.44. The molecule has 27 heavy (non-hydrogen) atoms. The zero-order chi connectivity index (χ0) is 19.2. The van der Waals surface area contributed by atoms with E-state index in [4.69, 9.17) is 16.0 Å². The summed E-state index contributed by atoms with van der Waals surface area (Å²) in [6.07, 6.45) is 4.88. The number of hydrogen-bond donors (Lipinski definition) is 1. The number of anilines is 1. The van der Waals surface area contributed by atoms with Crippen LogP contribution in [0, 0.1) is 0 Å². The van der Waals surface area contributed by atoms with Gasteiger partial charge in [-0.25, -0.2) is 0 Å². The number of halogens is 1. The average molecular weight is 380 g/mol. The van der Waals surface area contributed by atoms with Crippen molar-refractivity contribution in [1.82, 2.24) is 0 Å². The SMILES string of the molecule is CCc1cccc(CC)c1NC(=O)/C=C/c1ccc(-c2ccccc2Cl)o1. The average Bonchev–Trinajstić information content (AvgIpc) is 3.15. The Balaban J connectivity index is 1.74. The van der Waals surface area contributed by atoms with E-state index < -0.39 is 0 Å². The van der Waals surface area contributed by atoms with Gasteiger partial charge in [0.2, 0.25) is 5.91 Å². The van der Waals surface area contributed by atoms with Crippen LogP contribution in [0.4, 0.5) is 5.69 Å². The summed E-state index contributed by atoms with van der Waals surface area (Å²) in [6.45, 7) is 4.17. The zero-order valence-electron chi connectivity index (χ0n) is 15.5. The minimum absolute atomic E-state index is 0.179. The number of carbonyl (C=O) groups excluding carboxylic acids is 1. The molecule has 3 rings (SSSR count). The molecule has 4 heteroatoms. The third kappa shape index (κ3) is 4.50. The number of amides is 1. The van der Waals surface area contributed by atoms with Crippen molar-refractivity contribution < 1.29 is 9.21 Å². The fourth-order valence-corrected chi connectivity index (χ4v) is 3.20. The molecule has 0 aliphatic rings. The zero-order valence-corrected chi connectivity index (χ0v) is 16.2. The van der Waals surface area contributed by atoms with E-state index in [1.165, 1.54) is 6.08 Å². The standard InChI is InChI=1S/C23H22ClNO2/c1-3-16-8-7-9-17(4-2)23(16)25-22(26)15-13-18-12-14-21(27-18)19-10-5-6-11-20(19)24/h5-15H,3-4H2,1-2H3,(H,25,26)/b15-13+. The van der Waals surface area contributed by atoms with Gasteiger partial charge in [0, 0.05) is 17.3 Å². The van der Waals surface area contributed by atoms with Crippen molar-refractivity contribution in [3.8, 4) is 11.3 Å². The molecule has 0 aliphatic carbocycles. The van der Waals surface area contributed by atoms with E-state index in [0.29, 0.717) is 16.5 Å². The Hall–Kier alpha value is -2.78. The van der Waals surface area contributed by atoms with Crippen LogP contribution in [-0.2, 0) is 17.6 Å². The molecule has 1 N–H and O–H groups in total. The monoisotopic (exact) mass is 379 g/mol. The van der Waals surface area contributed by atoms with Crippen LogP contribution in [0.5, 0.6) is 0 Å². The highest BCUT2D eigenvalue weighted by atomic mass is 35.5. The first-order valence-electron chi connectivity index (χ1n) is 9.07. The Bertz CT molecular complexity index is 950. The van der Waals surface area contributed by atoms with Crippen LogP contribution >= 0.6 is 11.6 Å². The van der Waals surface area contributed by atoms with Gasteiger partial charge in [-0.2, -0.15) is 0 Å². The van der Waals surface area contributed by atoms with Gasteiger partial charge in [-0.3, -0.25) is 4.79 Å². The van der Waals surface area contributed by atoms with Crippen LogP contribution in [0.25, 0.3) is 17.4 Å². The summed E-state index contributed by atoms with van der Waals surface area (Å²) >= 11 is 6.20. The first-order chi connectivity index (χ1) is 13.1. The molecule has 0 saturated carbocycles. The molecule has 0 spiro atoms. The summed E-state index contributed by atoms with van der Waals surface area (Å²) in [5, 5.41) is 3.64. The molecule has 0 aliphatic heterocycles. The van der Waals surface area contributed by atoms with Crippen molar-refractivity contribution in [1.29, 1.82) is 0 Å². The Labute approximate surface area is 164 Å². The Morgan fingerprint density at radius 2 is 1.70 bits per heavy atom. The number of carbonyl (C=O) groups is 1. The fourth-order valence-electron chi connectivity index (χ4n) is 2.97. The maximum atomic E-state index is 12.4. The lowest BCUT2D eigenvalue weighted by Crippen LogP contribution is -2.11. The molecule has 0 unspecified atom stereocenters. The minimum atomic E-state index is -0.179. The van der Waals surface area contributed by atoms with E-state index in [1.807, 2.05) is 54.6 Å². The summed E-state index contributed by atoms with van der Waals surface area (Å²) < 4.78 is 5.79. The van der Waals surface area contributed by atoms with Crippen molar-refractivity contribution in [2.75, 3.05) is 5.32 Å². The lowest BCUT2D eigenvalue weighted by molar-refractivity contribution is -0.111. The summed E-state index contributed by atoms with van der Waals surface area (Å²) in [6, 6.07) is 17.3. The van der Waals surface area contributed by atoms with E-state index in [9.17, 15) is 4.79 Å². The number of rotatable bonds is 6. The van der Waals surface area contributed by atoms with Crippen molar-refractivity contribution in [2.24, 2.45) is 0 Å². The molecule has 138 valence electrons. The molecule has 0 atom stereocenters. The van der Waals surface area contributed by atoms with Crippen molar-refractivity contribution >= 4 is 29.3 Å². The van der Waals surface area contributed by atoms with Gasteiger partial charge in [-0.05, 0) is 54.3 Å². The maximum Gasteiger partial charge on any atom is 0.248 e. The number of furan rings is 1. The van der Waals surface area contributed by atoms with E-state index in [1.54, 1.807) is 6.08 Å². The highest BCUT2D eigenvalue weighted by Crippen LogP contribution is 2.29. The third-order valence-corrected chi connectivity index (χ3v) is 4.74. The summed E-state index contributed by atoms with van der Waals surface area (Å²) in [7, 11) is 0. The number of aryl methyl sites for hydroxylation is 2. The van der Waals surface area contributed by atoms with Gasteiger partial charge in [0.25, 0.3) is 0 Å². The topological polar surface area (TPSA) is 42.2 Å². The number of para-hydroxylation sites is 1. The summed E-state index contributed by atoms with van der Waals surface area (Å²) in [5.74, 6) is 1.09. The van der Waals surface area contributed by atoms with E-state index >= 15 is 0 Å². The first kappa shape index (κ1) is 19.0. The molecule has 0 fully saturated rings. The van der Waals surface area contributed by atoms with Crippen LogP contribution < -0.4 is 5.32 Å². The molecule has 1 heterocycles. The van der Waals surface area contributed by atoms with Gasteiger partial charge >= 0.3 is 0 Å². The van der Waals surface area contributed by atoms with E-state index in [0.717, 1.165) is 35.2 Å². The summed E-state index contributed by atoms with van der Waals surface area (Å²) in [5.41, 5.74) is 4.01. The predicted octanol–water partition coefficient (Wildman–Crippen LogP) is 6.38. The van der Waals surface area contributed by atoms with Crippen LogP contribution in [0.3, 0.4) is 0 Å². The number of hydrogen-bond acceptors (Lipinski definition) is 2. The van der Waals surface area contributed by atoms with Crippen molar-refractivity contribution in [2.45, 2.75) is 26.7 Å². The molecule has 1 aromatic heterocycles. The van der Waals surface area contributed by atoms with Crippen LogP contribution in [0.2, 0.25) is 5.02 Å². The smallest absolute Gasteiger partial charge is 0.248 e. The second-order valence-electron chi connectivity index (χ2n) is 6.16. The second kappa shape index (κ2) is 8.74. The normalized spacial score (nSPS) is 11.1. The van der Waals surface area contributed by atoms with Crippen molar-refractivity contribution in [3.05, 3.63) is 82.6 Å². The van der Waals surface area contributed by atoms with Gasteiger partial charge in [-0.15, -0.1) is 0 Å². The lowest BCUT2D eigenvalue weighted by Gasteiger charge is -2.13. The molecular formula is C23H22ClNO2. The molecule has 0 saturated heterocycles. The molecule has 3 nitrogen and oxygen atoms in total. The quantitative estimate of drug-likeness (QED) is 0.505. The number of nitrogens with one attached hydrogen (secondary N) is 1. The van der Waals surface area contributed by atoms with Crippen LogP contribution in [0.1, 0.15) is 30.7 Å². The van der Waals surface area contributed by atoms with Crippen LogP contribution in [0.15, 0.2) is 65.1 Å². The van der Waals surface area contributed by atoms with Gasteiger partial charge in [0.05, 0.1) is 5.02 Å². The highest BCUT2D eigenvalue weighted by molar-refractivity contribution is 6.33. The fraction of sp³-hybridized carbons (Fsp3) is 0.174. The Morgan fingerprint density at radius 1 is 1.00 bits per heavy atom. The summed E-state index contributed by atoms with van der Waals surface area (Å²) in [4.78, 5) is 12.4. The molecular weight excluding hydrogens is 358 g/mol. The predicted molar refractivity (Wildman–Crippen MR) is 112 cm³/mol. The number of benzene rings is 2. The molecule has 3 aromatic rings.